The van der Waals surface area contributed by atoms with Crippen molar-refractivity contribution in [1.82, 2.24) is 0 Å². The molecule has 0 aromatic heterocycles. The van der Waals surface area contributed by atoms with Crippen molar-refractivity contribution < 1.29 is 14.3 Å². The number of ether oxygens (including phenoxy) is 2. The van der Waals surface area contributed by atoms with Gasteiger partial charge in [-0.1, -0.05) is 25.0 Å². The van der Waals surface area contributed by atoms with Crippen LogP contribution >= 0.6 is 0 Å². The quantitative estimate of drug-likeness (QED) is 0.725. The maximum Gasteiger partial charge on any atom is 0.192 e. The predicted molar refractivity (Wildman–Crippen MR) is 70.1 cm³/mol. The van der Waals surface area contributed by atoms with Crippen LogP contribution in [0.3, 0.4) is 0 Å². The van der Waals surface area contributed by atoms with Crippen LogP contribution < -0.4 is 4.74 Å². The van der Waals surface area contributed by atoms with Gasteiger partial charge in [0.25, 0.3) is 0 Å². The molecule has 1 saturated carbocycles. The molecule has 1 fully saturated rings. The maximum atomic E-state index is 12.1. The molecule has 0 N–H and O–H groups in total. The molecule has 0 bridgehead atoms. The number of carbonyl (C=O) groups excluding carboxylic acids is 1. The molecule has 1 aromatic rings. The van der Waals surface area contributed by atoms with Gasteiger partial charge in [0, 0.05) is 0 Å². The molecule has 0 amide bonds. The van der Waals surface area contributed by atoms with E-state index in [1.165, 1.54) is 12.8 Å². The van der Waals surface area contributed by atoms with Crippen molar-refractivity contribution in [3.63, 3.8) is 0 Å². The van der Waals surface area contributed by atoms with Crippen LogP contribution in [0.25, 0.3) is 0 Å². The Labute approximate surface area is 108 Å². The number of hydrogen-bond acceptors (Lipinski definition) is 3. The summed E-state index contributed by atoms with van der Waals surface area (Å²) in [4.78, 5) is 12.1. The molecule has 0 spiro atoms. The van der Waals surface area contributed by atoms with E-state index in [0.29, 0.717) is 17.9 Å². The van der Waals surface area contributed by atoms with Gasteiger partial charge >= 0.3 is 0 Å². The highest BCUT2D eigenvalue weighted by atomic mass is 16.5. The van der Waals surface area contributed by atoms with Crippen molar-refractivity contribution >= 4 is 5.78 Å². The first kappa shape index (κ1) is 13.1. The van der Waals surface area contributed by atoms with E-state index in [0.717, 1.165) is 12.8 Å². The molecule has 1 aliphatic rings. The largest absolute Gasteiger partial charge is 0.493 e. The topological polar surface area (TPSA) is 35.5 Å². The summed E-state index contributed by atoms with van der Waals surface area (Å²) in [6, 6.07) is 7.35. The zero-order chi connectivity index (χ0) is 12.8. The van der Waals surface area contributed by atoms with Crippen LogP contribution in [-0.4, -0.2) is 25.1 Å². The fourth-order valence-corrected chi connectivity index (χ4v) is 2.30. The van der Waals surface area contributed by atoms with E-state index >= 15 is 0 Å². The lowest BCUT2D eigenvalue weighted by Crippen LogP contribution is -2.16. The lowest BCUT2D eigenvalue weighted by Gasteiger charge is -2.12. The van der Waals surface area contributed by atoms with Gasteiger partial charge in [-0.3, -0.25) is 4.79 Å². The zero-order valence-electron chi connectivity index (χ0n) is 10.9. The number of Topliss-reactive ketones (excluding diaryl/α,β-unsaturated/α-hetero) is 1. The fourth-order valence-electron chi connectivity index (χ4n) is 2.30. The van der Waals surface area contributed by atoms with Gasteiger partial charge in [-0.05, 0) is 31.9 Å². The molecule has 1 aromatic carbocycles. The highest BCUT2D eigenvalue weighted by molar-refractivity contribution is 5.99. The molecule has 0 atom stereocenters. The van der Waals surface area contributed by atoms with Gasteiger partial charge in [-0.15, -0.1) is 0 Å². The number of ketones is 1. The van der Waals surface area contributed by atoms with Crippen LogP contribution in [0.2, 0.25) is 0 Å². The summed E-state index contributed by atoms with van der Waals surface area (Å²) in [5, 5.41) is 0. The number of benzene rings is 1. The number of para-hydroxylation sites is 1. The van der Waals surface area contributed by atoms with E-state index in [1.807, 2.05) is 25.1 Å². The van der Waals surface area contributed by atoms with Crippen LogP contribution in [0.4, 0.5) is 0 Å². The first-order valence-electron chi connectivity index (χ1n) is 6.68. The number of rotatable bonds is 6. The van der Waals surface area contributed by atoms with Crippen LogP contribution in [0.15, 0.2) is 24.3 Å². The minimum atomic E-state index is 0.00551. The lowest BCUT2D eigenvalue weighted by molar-refractivity contribution is 0.0480. The van der Waals surface area contributed by atoms with E-state index < -0.39 is 0 Å². The van der Waals surface area contributed by atoms with Crippen LogP contribution in [-0.2, 0) is 4.74 Å². The molecule has 18 heavy (non-hydrogen) atoms. The number of carbonyl (C=O) groups is 1. The summed E-state index contributed by atoms with van der Waals surface area (Å²) < 4.78 is 11.1. The molecule has 0 unspecified atom stereocenters. The molecular weight excluding hydrogens is 228 g/mol. The molecule has 98 valence electrons. The summed E-state index contributed by atoms with van der Waals surface area (Å²) in [6.45, 7) is 2.64. The van der Waals surface area contributed by atoms with Gasteiger partial charge in [0.2, 0.25) is 0 Å². The third-order valence-corrected chi connectivity index (χ3v) is 3.24. The Balaban J connectivity index is 1.94. The number of hydrogen-bond donors (Lipinski definition) is 0. The van der Waals surface area contributed by atoms with Crippen LogP contribution in [0.5, 0.6) is 5.75 Å². The van der Waals surface area contributed by atoms with Crippen LogP contribution in [0.1, 0.15) is 43.0 Å². The molecule has 2 rings (SSSR count). The summed E-state index contributed by atoms with van der Waals surface area (Å²) in [5.41, 5.74) is 0.623. The van der Waals surface area contributed by atoms with Crippen molar-refractivity contribution in [2.45, 2.75) is 38.7 Å². The lowest BCUT2D eigenvalue weighted by atomic mass is 10.1. The Morgan fingerprint density at radius 2 is 2.00 bits per heavy atom. The van der Waals surface area contributed by atoms with E-state index in [1.54, 1.807) is 6.07 Å². The molecule has 0 saturated heterocycles. The van der Waals surface area contributed by atoms with E-state index in [4.69, 9.17) is 9.47 Å². The molecule has 0 heterocycles. The minimum absolute atomic E-state index is 0.00551. The Morgan fingerprint density at radius 1 is 1.28 bits per heavy atom. The molecule has 3 nitrogen and oxygen atoms in total. The molecule has 3 heteroatoms. The second-order valence-electron chi connectivity index (χ2n) is 4.57. The van der Waals surface area contributed by atoms with Gasteiger partial charge in [0.05, 0.1) is 18.3 Å². The highest BCUT2D eigenvalue weighted by Gasteiger charge is 2.18. The van der Waals surface area contributed by atoms with Crippen molar-refractivity contribution in [3.8, 4) is 5.75 Å². The summed E-state index contributed by atoms with van der Waals surface area (Å²) >= 11 is 0. The smallest absolute Gasteiger partial charge is 0.192 e. The standard InChI is InChI=1S/C15H20O3/c1-2-17-15-10-6-5-9-13(15)14(16)11-18-12-7-3-4-8-12/h5-6,9-10,12H,2-4,7-8,11H2,1H3. The predicted octanol–water partition coefficient (Wildman–Crippen LogP) is 3.23. The van der Waals surface area contributed by atoms with E-state index in [9.17, 15) is 4.79 Å². The van der Waals surface area contributed by atoms with E-state index in [-0.39, 0.29) is 18.5 Å². The van der Waals surface area contributed by atoms with Crippen molar-refractivity contribution in [1.29, 1.82) is 0 Å². The zero-order valence-corrected chi connectivity index (χ0v) is 10.9. The normalized spacial score (nSPS) is 15.8. The van der Waals surface area contributed by atoms with Crippen molar-refractivity contribution in [3.05, 3.63) is 29.8 Å². The first-order valence-corrected chi connectivity index (χ1v) is 6.68. The minimum Gasteiger partial charge on any atom is -0.493 e. The third-order valence-electron chi connectivity index (χ3n) is 3.24. The van der Waals surface area contributed by atoms with E-state index in [2.05, 4.69) is 0 Å². The average Bonchev–Trinajstić information content (AvgIpc) is 2.90. The highest BCUT2D eigenvalue weighted by Crippen LogP contribution is 2.22. The van der Waals surface area contributed by atoms with Gasteiger partial charge in [-0.25, -0.2) is 0 Å². The van der Waals surface area contributed by atoms with Crippen molar-refractivity contribution in [2.75, 3.05) is 13.2 Å². The molecule has 1 aliphatic carbocycles. The monoisotopic (exact) mass is 248 g/mol. The summed E-state index contributed by atoms with van der Waals surface area (Å²) in [5.74, 6) is 0.658. The van der Waals surface area contributed by atoms with Gasteiger partial charge in [0.15, 0.2) is 5.78 Å². The van der Waals surface area contributed by atoms with Gasteiger partial charge in [-0.2, -0.15) is 0 Å². The molecule has 0 aliphatic heterocycles. The summed E-state index contributed by atoms with van der Waals surface area (Å²) in [7, 11) is 0. The third kappa shape index (κ3) is 3.33. The fraction of sp³-hybridized carbons (Fsp3) is 0.533. The maximum absolute atomic E-state index is 12.1. The molecular formula is C15H20O3. The second kappa shape index (κ2) is 6.55. The van der Waals surface area contributed by atoms with Crippen LogP contribution in [0, 0.1) is 0 Å². The van der Waals surface area contributed by atoms with Gasteiger partial charge < -0.3 is 9.47 Å². The van der Waals surface area contributed by atoms with Gasteiger partial charge in [0.1, 0.15) is 12.4 Å². The average molecular weight is 248 g/mol. The Bertz CT molecular complexity index is 394. The SMILES string of the molecule is CCOc1ccccc1C(=O)COC1CCCC1. The first-order chi connectivity index (χ1) is 8.81. The van der Waals surface area contributed by atoms with Crippen molar-refractivity contribution in [2.24, 2.45) is 0 Å². The molecule has 0 radical (unpaired) electrons. The Kier molecular flexibility index (Phi) is 4.76. The Morgan fingerprint density at radius 3 is 2.72 bits per heavy atom. The Hall–Kier alpha value is -1.35. The second-order valence-corrected chi connectivity index (χ2v) is 4.57. The summed E-state index contributed by atoms with van der Waals surface area (Å²) in [6.07, 6.45) is 4.87.